The van der Waals surface area contributed by atoms with Gasteiger partial charge >= 0.3 is 0 Å². The second kappa shape index (κ2) is 14.0. The summed E-state index contributed by atoms with van der Waals surface area (Å²) in [6, 6.07) is 8.48. The molecule has 2 aliphatic carbocycles. The fourth-order valence-corrected chi connectivity index (χ4v) is 9.56. The molecule has 0 saturated carbocycles. The maximum absolute atomic E-state index is 10.4. The Morgan fingerprint density at radius 3 is 2.10 bits per heavy atom. The van der Waals surface area contributed by atoms with Gasteiger partial charge in [-0.05, 0) is 56.1 Å². The number of methoxy groups -OCH3 is 2. The molecule has 4 aliphatic heterocycles. The van der Waals surface area contributed by atoms with Crippen molar-refractivity contribution in [3.8, 4) is 23.0 Å². The molecule has 0 amide bonds. The van der Waals surface area contributed by atoms with E-state index in [2.05, 4.69) is 46.0 Å². The van der Waals surface area contributed by atoms with E-state index >= 15 is 0 Å². The molecule has 2 aromatic carbocycles. The van der Waals surface area contributed by atoms with Gasteiger partial charge < -0.3 is 46.1 Å². The van der Waals surface area contributed by atoms with Crippen LogP contribution in [-0.2, 0) is 17.4 Å². The topological polar surface area (TPSA) is 83.6 Å². The van der Waals surface area contributed by atoms with Crippen LogP contribution in [0.5, 0.6) is 23.0 Å². The van der Waals surface area contributed by atoms with Gasteiger partial charge in [-0.3, -0.25) is 4.90 Å². The molecule has 2 spiro atoms. The number of ether oxygens (including phenoxy) is 4. The Morgan fingerprint density at radius 2 is 1.41 bits per heavy atom. The van der Waals surface area contributed by atoms with Crippen molar-refractivity contribution in [2.24, 2.45) is 0 Å². The van der Waals surface area contributed by atoms with Crippen molar-refractivity contribution in [1.82, 2.24) is 4.90 Å². The Bertz CT molecular complexity index is 1640. The van der Waals surface area contributed by atoms with Gasteiger partial charge in [0.25, 0.3) is 0 Å². The molecule has 49 heavy (non-hydrogen) atoms. The Morgan fingerprint density at radius 1 is 0.796 bits per heavy atom. The molecule has 0 bridgehead atoms. The number of nitrogens with zero attached hydrogens (tertiary/aromatic N) is 2. The fraction of sp³-hybridized carbons (Fsp3) is 0.575. The van der Waals surface area contributed by atoms with Crippen LogP contribution in [0.1, 0.15) is 86.5 Å². The van der Waals surface area contributed by atoms with Gasteiger partial charge in [0.1, 0.15) is 25.3 Å². The Labute approximate surface area is 301 Å². The average Bonchev–Trinajstić information content (AvgIpc) is 3.48. The van der Waals surface area contributed by atoms with Gasteiger partial charge in [0.2, 0.25) is 0 Å². The molecule has 0 aromatic heterocycles. The molecular formula is C40H51BrN2O6. The monoisotopic (exact) mass is 734 g/mol. The van der Waals surface area contributed by atoms with E-state index < -0.39 is 12.2 Å². The molecule has 0 fully saturated rings. The van der Waals surface area contributed by atoms with Gasteiger partial charge in [-0.25, -0.2) is 4.58 Å². The van der Waals surface area contributed by atoms with Gasteiger partial charge in [-0.15, -0.1) is 0 Å². The molecule has 1 unspecified atom stereocenters. The number of hydrogen-bond donors (Lipinski definition) is 2. The zero-order valence-corrected chi connectivity index (χ0v) is 30.5. The SMILES string of the molecule is COc1ccc2c3c1OC1C[C@@H](O)C=C[C@@]31CC[N+](CCCCCCCCN1CC[C@@]34C=C[C@H](O)C[C@@H]3Oc3c(OC)ccc(c34)C1)=C2.[Br-]. The predicted octanol–water partition coefficient (Wildman–Crippen LogP) is 2.43. The van der Waals surface area contributed by atoms with Crippen LogP contribution in [0.25, 0.3) is 0 Å². The zero-order valence-electron chi connectivity index (χ0n) is 28.9. The highest BCUT2D eigenvalue weighted by atomic mass is 79.9. The predicted molar refractivity (Wildman–Crippen MR) is 185 cm³/mol. The summed E-state index contributed by atoms with van der Waals surface area (Å²) in [4.78, 5) is 2.62. The first-order chi connectivity index (χ1) is 23.4. The largest absolute Gasteiger partial charge is 1.00 e. The molecule has 2 N–H and O–H groups in total. The third-order valence-electron chi connectivity index (χ3n) is 12.1. The van der Waals surface area contributed by atoms with Crippen LogP contribution in [0.15, 0.2) is 48.6 Å². The summed E-state index contributed by atoms with van der Waals surface area (Å²) in [5, 5.41) is 20.7. The first-order valence-electron chi connectivity index (χ1n) is 18.3. The molecule has 8 nitrogen and oxygen atoms in total. The highest BCUT2D eigenvalue weighted by Crippen LogP contribution is 2.56. The lowest BCUT2D eigenvalue weighted by Gasteiger charge is -2.35. The van der Waals surface area contributed by atoms with Gasteiger partial charge in [-0.1, -0.05) is 49.6 Å². The van der Waals surface area contributed by atoms with Gasteiger partial charge in [0.15, 0.2) is 29.2 Å². The molecule has 9 heteroatoms. The van der Waals surface area contributed by atoms with E-state index in [1.165, 1.54) is 60.8 Å². The number of rotatable bonds is 11. The van der Waals surface area contributed by atoms with E-state index in [4.69, 9.17) is 18.9 Å². The minimum absolute atomic E-state index is 0. The van der Waals surface area contributed by atoms with Crippen LogP contribution in [-0.4, -0.2) is 90.7 Å². The summed E-state index contributed by atoms with van der Waals surface area (Å²) in [5.74, 6) is 3.33. The molecular weight excluding hydrogens is 684 g/mol. The van der Waals surface area contributed by atoms with E-state index in [0.717, 1.165) is 68.6 Å². The van der Waals surface area contributed by atoms with E-state index in [1.54, 1.807) is 14.2 Å². The standard InChI is InChI=1S/C40H51N2O6.BrH/c1-45-31-11-9-27-25-41(21-17-39-15-13-29(43)23-33(39)47-37(31)35(27)39)19-7-5-3-4-6-8-20-42-22-18-40-16-14-30(44)24-34(40)48-38-32(46-2)12-10-28(26-42)36(38)40;/h9-16,25,29-30,33-34,43-44H,3-8,17-24,26H2,1-2H3;1H/q+1;/p-1/t29-,30-,33?,34-,39-,40-;/m0./s1. The van der Waals surface area contributed by atoms with Crippen LogP contribution >= 0.6 is 0 Å². The number of hydrogen-bond acceptors (Lipinski definition) is 7. The normalized spacial score (nSPS) is 30.3. The van der Waals surface area contributed by atoms with Crippen LogP contribution in [0, 0.1) is 0 Å². The smallest absolute Gasteiger partial charge is 0.171 e. The van der Waals surface area contributed by atoms with Crippen molar-refractivity contribution < 1.29 is 50.7 Å². The summed E-state index contributed by atoms with van der Waals surface area (Å²) < 4.78 is 26.8. The molecule has 0 saturated heterocycles. The van der Waals surface area contributed by atoms with Crippen LogP contribution in [0.4, 0.5) is 0 Å². The van der Waals surface area contributed by atoms with Gasteiger partial charge in [0, 0.05) is 48.9 Å². The van der Waals surface area contributed by atoms with Crippen molar-refractivity contribution in [3.63, 3.8) is 0 Å². The summed E-state index contributed by atoms with van der Waals surface area (Å²) in [5.41, 5.74) is 4.72. The highest BCUT2D eigenvalue weighted by Gasteiger charge is 2.54. The van der Waals surface area contributed by atoms with E-state index in [-0.39, 0.29) is 40.0 Å². The lowest BCUT2D eigenvalue weighted by molar-refractivity contribution is -0.524. The maximum Gasteiger partial charge on any atom is 0.171 e. The second-order valence-corrected chi connectivity index (χ2v) is 14.9. The lowest BCUT2D eigenvalue weighted by atomic mass is 9.69. The van der Waals surface area contributed by atoms with Crippen LogP contribution in [0.2, 0.25) is 0 Å². The van der Waals surface area contributed by atoms with Gasteiger partial charge in [0.05, 0.1) is 37.3 Å². The Hall–Kier alpha value is -2.85. The van der Waals surface area contributed by atoms with E-state index in [1.807, 2.05) is 18.2 Å². The Balaban J connectivity index is 0.00000378. The van der Waals surface area contributed by atoms with Crippen molar-refractivity contribution in [3.05, 3.63) is 70.8 Å². The maximum atomic E-state index is 10.4. The molecule has 2 aromatic rings. The summed E-state index contributed by atoms with van der Waals surface area (Å²) in [6.07, 6.45) is 20.4. The second-order valence-electron chi connectivity index (χ2n) is 14.9. The molecule has 6 aliphatic rings. The molecule has 264 valence electrons. The zero-order chi connectivity index (χ0) is 32.9. The summed E-state index contributed by atoms with van der Waals surface area (Å²) in [7, 11) is 3.41. The summed E-state index contributed by atoms with van der Waals surface area (Å²) >= 11 is 0. The average molecular weight is 736 g/mol. The van der Waals surface area contributed by atoms with E-state index in [0.29, 0.717) is 12.8 Å². The lowest BCUT2D eigenvalue weighted by Crippen LogP contribution is -3.00. The quantitative estimate of drug-likeness (QED) is 0.209. The minimum atomic E-state index is -0.457. The van der Waals surface area contributed by atoms with Crippen LogP contribution < -0.4 is 35.9 Å². The highest BCUT2D eigenvalue weighted by molar-refractivity contribution is 5.83. The molecule has 4 heterocycles. The fourth-order valence-electron chi connectivity index (χ4n) is 9.56. The first-order valence-corrected chi connectivity index (χ1v) is 18.3. The number of halogens is 1. The number of aliphatic hydroxyl groups is 2. The first kappa shape index (κ1) is 34.6. The number of aliphatic hydroxyl groups excluding tert-OH is 2. The Kier molecular flexibility index (Phi) is 9.92. The van der Waals surface area contributed by atoms with Crippen molar-refractivity contribution in [1.29, 1.82) is 0 Å². The van der Waals surface area contributed by atoms with Crippen molar-refractivity contribution in [2.45, 2.75) is 106 Å². The van der Waals surface area contributed by atoms with Gasteiger partial charge in [-0.2, -0.15) is 0 Å². The van der Waals surface area contributed by atoms with E-state index in [9.17, 15) is 10.2 Å². The molecule has 6 atom stereocenters. The van der Waals surface area contributed by atoms with Crippen molar-refractivity contribution >= 4 is 6.21 Å². The third-order valence-corrected chi connectivity index (χ3v) is 12.1. The summed E-state index contributed by atoms with van der Waals surface area (Å²) in [6.45, 7) is 5.13. The minimum Gasteiger partial charge on any atom is -1.00 e. The van der Waals surface area contributed by atoms with Crippen molar-refractivity contribution in [2.75, 3.05) is 40.4 Å². The molecule has 0 radical (unpaired) electrons. The third kappa shape index (κ3) is 6.02. The number of benzene rings is 2. The molecule has 8 rings (SSSR count). The number of unbranched alkanes of at least 4 members (excludes halogenated alkanes) is 5. The van der Waals surface area contributed by atoms with Crippen LogP contribution in [0.3, 0.4) is 0 Å².